The largest absolute Gasteiger partial charge is 0.356 e. The average molecular weight is 513 g/mol. The molecule has 4 rings (SSSR count). The van der Waals surface area contributed by atoms with E-state index in [1.807, 2.05) is 38.1 Å². The molecule has 1 aromatic heterocycles. The predicted molar refractivity (Wildman–Crippen MR) is 150 cm³/mol. The molecule has 0 fully saturated rings. The number of carbonyl (C=O) groups excluding carboxylic acids is 2. The quantitative estimate of drug-likeness (QED) is 0.357. The standard InChI is InChI=1S/C30H32N4O4/c1-4-21-9-13-23(14-10-21)32-28(36)19-33-26-8-6-5-7-25(26)29(37)34(30(33)38)24-15-11-22(12-16-24)17-27(35)31-18-20(2)3/h5-16,20H,4,17-19H2,1-3H3,(H,31,35)(H,32,36). The van der Waals surface area contributed by atoms with Crippen molar-refractivity contribution in [3.8, 4) is 5.69 Å². The summed E-state index contributed by atoms with van der Waals surface area (Å²) in [5.41, 5.74) is 2.20. The summed E-state index contributed by atoms with van der Waals surface area (Å²) < 4.78 is 2.37. The van der Waals surface area contributed by atoms with Gasteiger partial charge in [0.1, 0.15) is 6.54 Å². The third-order valence-electron chi connectivity index (χ3n) is 6.26. The van der Waals surface area contributed by atoms with Crippen molar-refractivity contribution < 1.29 is 9.59 Å². The first kappa shape index (κ1) is 26.6. The zero-order valence-corrected chi connectivity index (χ0v) is 21.9. The number of nitrogens with zero attached hydrogens (tertiary/aromatic N) is 2. The van der Waals surface area contributed by atoms with Crippen molar-refractivity contribution in [2.45, 2.75) is 40.2 Å². The average Bonchev–Trinajstić information content (AvgIpc) is 2.91. The van der Waals surface area contributed by atoms with Gasteiger partial charge in [0.25, 0.3) is 5.56 Å². The Kier molecular flexibility index (Phi) is 8.21. The molecule has 8 heteroatoms. The zero-order chi connectivity index (χ0) is 27.2. The van der Waals surface area contributed by atoms with Crippen molar-refractivity contribution in [2.24, 2.45) is 5.92 Å². The molecule has 0 aliphatic carbocycles. The second-order valence-corrected chi connectivity index (χ2v) is 9.67. The van der Waals surface area contributed by atoms with Gasteiger partial charge in [-0.15, -0.1) is 0 Å². The first-order valence-corrected chi connectivity index (χ1v) is 12.8. The van der Waals surface area contributed by atoms with E-state index in [9.17, 15) is 19.2 Å². The summed E-state index contributed by atoms with van der Waals surface area (Å²) in [5.74, 6) is -0.117. The lowest BCUT2D eigenvalue weighted by Gasteiger charge is -2.15. The van der Waals surface area contributed by atoms with E-state index in [0.717, 1.165) is 22.1 Å². The molecule has 0 atom stereocenters. The van der Waals surface area contributed by atoms with Crippen molar-refractivity contribution >= 4 is 28.4 Å². The molecule has 3 aromatic carbocycles. The molecular formula is C30H32N4O4. The lowest BCUT2D eigenvalue weighted by Crippen LogP contribution is -2.40. The Morgan fingerprint density at radius 1 is 0.842 bits per heavy atom. The monoisotopic (exact) mass is 512 g/mol. The molecular weight excluding hydrogens is 480 g/mol. The Balaban J connectivity index is 1.64. The van der Waals surface area contributed by atoms with Gasteiger partial charge < -0.3 is 10.6 Å². The molecule has 2 N–H and O–H groups in total. The first-order chi connectivity index (χ1) is 18.3. The van der Waals surface area contributed by atoms with Gasteiger partial charge in [0.05, 0.1) is 23.0 Å². The van der Waals surface area contributed by atoms with Gasteiger partial charge in [0.2, 0.25) is 11.8 Å². The number of para-hydroxylation sites is 1. The lowest BCUT2D eigenvalue weighted by molar-refractivity contribution is -0.120. The molecule has 0 spiro atoms. The third kappa shape index (κ3) is 6.08. The number of benzene rings is 3. The molecule has 2 amide bonds. The Hall–Kier alpha value is -4.46. The minimum Gasteiger partial charge on any atom is -0.356 e. The van der Waals surface area contributed by atoms with Crippen LogP contribution in [0.4, 0.5) is 5.69 Å². The highest BCUT2D eigenvalue weighted by Crippen LogP contribution is 2.13. The van der Waals surface area contributed by atoms with Crippen molar-refractivity contribution in [3.63, 3.8) is 0 Å². The fraction of sp³-hybridized carbons (Fsp3) is 0.267. The zero-order valence-electron chi connectivity index (χ0n) is 21.9. The predicted octanol–water partition coefficient (Wildman–Crippen LogP) is 3.67. The number of fused-ring (bicyclic) bond motifs is 1. The molecule has 196 valence electrons. The van der Waals surface area contributed by atoms with Gasteiger partial charge in [-0.05, 0) is 59.9 Å². The number of aromatic nitrogens is 2. The minimum atomic E-state index is -0.618. The number of rotatable bonds is 9. The molecule has 0 aliphatic heterocycles. The normalized spacial score (nSPS) is 11.1. The summed E-state index contributed by atoms with van der Waals surface area (Å²) in [4.78, 5) is 52.0. The summed E-state index contributed by atoms with van der Waals surface area (Å²) >= 11 is 0. The van der Waals surface area contributed by atoms with Gasteiger partial charge in [0.15, 0.2) is 0 Å². The fourth-order valence-corrected chi connectivity index (χ4v) is 4.20. The number of anilines is 1. The molecule has 0 radical (unpaired) electrons. The Morgan fingerprint density at radius 3 is 2.16 bits per heavy atom. The molecule has 0 unspecified atom stereocenters. The second-order valence-electron chi connectivity index (χ2n) is 9.67. The number of nitrogens with one attached hydrogen (secondary N) is 2. The lowest BCUT2D eigenvalue weighted by atomic mass is 10.1. The van der Waals surface area contributed by atoms with Crippen molar-refractivity contribution in [2.75, 3.05) is 11.9 Å². The van der Waals surface area contributed by atoms with Crippen LogP contribution in [-0.2, 0) is 29.0 Å². The van der Waals surface area contributed by atoms with E-state index in [-0.39, 0.29) is 24.8 Å². The van der Waals surface area contributed by atoms with Gasteiger partial charge in [-0.3, -0.25) is 19.0 Å². The van der Waals surface area contributed by atoms with E-state index in [0.29, 0.717) is 34.7 Å². The van der Waals surface area contributed by atoms with E-state index in [2.05, 4.69) is 17.6 Å². The van der Waals surface area contributed by atoms with Gasteiger partial charge in [-0.25, -0.2) is 9.36 Å². The van der Waals surface area contributed by atoms with Crippen LogP contribution in [0.25, 0.3) is 16.6 Å². The molecule has 38 heavy (non-hydrogen) atoms. The Bertz CT molecular complexity index is 1570. The highest BCUT2D eigenvalue weighted by atomic mass is 16.2. The fourth-order valence-electron chi connectivity index (χ4n) is 4.20. The van der Waals surface area contributed by atoms with Gasteiger partial charge in [-0.1, -0.05) is 57.2 Å². The molecule has 0 saturated heterocycles. The van der Waals surface area contributed by atoms with Crippen molar-refractivity contribution in [1.29, 1.82) is 0 Å². The number of carbonyl (C=O) groups is 2. The smallest absolute Gasteiger partial charge is 0.336 e. The molecule has 1 heterocycles. The summed E-state index contributed by atoms with van der Waals surface area (Å²) in [5, 5.41) is 6.03. The van der Waals surface area contributed by atoms with Crippen LogP contribution in [0.1, 0.15) is 31.9 Å². The maximum absolute atomic E-state index is 13.6. The van der Waals surface area contributed by atoms with Crippen LogP contribution < -0.4 is 21.9 Å². The molecule has 8 nitrogen and oxygen atoms in total. The topological polar surface area (TPSA) is 102 Å². The van der Waals surface area contributed by atoms with Crippen LogP contribution >= 0.6 is 0 Å². The van der Waals surface area contributed by atoms with Gasteiger partial charge in [0, 0.05) is 12.2 Å². The minimum absolute atomic E-state index is 0.0907. The van der Waals surface area contributed by atoms with E-state index in [1.165, 1.54) is 4.57 Å². The number of aryl methyl sites for hydroxylation is 1. The third-order valence-corrected chi connectivity index (χ3v) is 6.26. The summed E-state index contributed by atoms with van der Waals surface area (Å²) in [6.07, 6.45) is 1.09. The van der Waals surface area contributed by atoms with Gasteiger partial charge in [-0.2, -0.15) is 0 Å². The number of hydrogen-bond acceptors (Lipinski definition) is 4. The molecule has 0 bridgehead atoms. The van der Waals surface area contributed by atoms with Crippen molar-refractivity contribution in [3.05, 3.63) is 105 Å². The first-order valence-electron chi connectivity index (χ1n) is 12.8. The summed E-state index contributed by atoms with van der Waals surface area (Å²) in [7, 11) is 0. The van der Waals surface area contributed by atoms with Crippen LogP contribution in [0.3, 0.4) is 0 Å². The second kappa shape index (κ2) is 11.7. The molecule has 0 aliphatic rings. The summed E-state index contributed by atoms with van der Waals surface area (Å²) in [6.45, 7) is 6.44. The van der Waals surface area contributed by atoms with Crippen LogP contribution in [0.5, 0.6) is 0 Å². The number of amides is 2. The maximum Gasteiger partial charge on any atom is 0.336 e. The SMILES string of the molecule is CCc1ccc(NC(=O)Cn2c(=O)n(-c3ccc(CC(=O)NCC(C)C)cc3)c(=O)c3ccccc32)cc1. The Morgan fingerprint density at radius 2 is 1.50 bits per heavy atom. The van der Waals surface area contributed by atoms with Crippen LogP contribution in [0, 0.1) is 5.92 Å². The van der Waals surface area contributed by atoms with Crippen LogP contribution in [0.2, 0.25) is 0 Å². The van der Waals surface area contributed by atoms with Crippen LogP contribution in [0.15, 0.2) is 82.4 Å². The van der Waals surface area contributed by atoms with Crippen molar-refractivity contribution in [1.82, 2.24) is 14.5 Å². The Labute approximate surface area is 220 Å². The summed E-state index contributed by atoms with van der Waals surface area (Å²) in [6, 6.07) is 21.0. The molecule has 4 aromatic rings. The number of hydrogen-bond donors (Lipinski definition) is 2. The van der Waals surface area contributed by atoms with E-state index in [1.54, 1.807) is 48.5 Å². The van der Waals surface area contributed by atoms with E-state index >= 15 is 0 Å². The highest BCUT2D eigenvalue weighted by Gasteiger charge is 2.17. The highest BCUT2D eigenvalue weighted by molar-refractivity contribution is 5.91. The van der Waals surface area contributed by atoms with Crippen LogP contribution in [-0.4, -0.2) is 27.5 Å². The maximum atomic E-state index is 13.6. The van der Waals surface area contributed by atoms with E-state index in [4.69, 9.17) is 0 Å². The van der Waals surface area contributed by atoms with Gasteiger partial charge >= 0.3 is 5.69 Å². The van der Waals surface area contributed by atoms with E-state index < -0.39 is 11.2 Å². The molecule has 0 saturated carbocycles.